The van der Waals surface area contributed by atoms with Gasteiger partial charge in [-0.15, -0.1) is 0 Å². The van der Waals surface area contributed by atoms with Crippen LogP contribution in [0.15, 0.2) is 82.3 Å². The van der Waals surface area contributed by atoms with E-state index in [1.807, 2.05) is 24.3 Å². The fraction of sp³-hybridized carbons (Fsp3) is 0.174. The van der Waals surface area contributed by atoms with Crippen LogP contribution in [0.4, 0.5) is 5.69 Å². The van der Waals surface area contributed by atoms with Crippen molar-refractivity contribution in [2.24, 2.45) is 4.99 Å². The smallest absolute Gasteiger partial charge is 0.148 e. The normalized spacial score (nSPS) is 18.9. The van der Waals surface area contributed by atoms with Crippen LogP contribution in [0.3, 0.4) is 0 Å². The highest BCUT2D eigenvalue weighted by atomic mass is 79.9. The molecule has 0 bridgehead atoms. The largest absolute Gasteiger partial charge is 0.497 e. The molecule has 0 aliphatic carbocycles. The summed E-state index contributed by atoms with van der Waals surface area (Å²) >= 11 is 9.63. The lowest BCUT2D eigenvalue weighted by atomic mass is 10.0. The zero-order valence-electron chi connectivity index (χ0n) is 15.6. The SMILES string of the molecule is COc1ccc(C2N=C(c3ccc(Br)cc3)C(C)N2c2ccc(Cl)cc2)cc1. The lowest BCUT2D eigenvalue weighted by Gasteiger charge is -2.30. The van der Waals surface area contributed by atoms with Crippen molar-refractivity contribution >= 4 is 38.9 Å². The van der Waals surface area contributed by atoms with Gasteiger partial charge in [0.1, 0.15) is 11.9 Å². The van der Waals surface area contributed by atoms with E-state index in [-0.39, 0.29) is 12.2 Å². The van der Waals surface area contributed by atoms with Crippen molar-refractivity contribution < 1.29 is 4.74 Å². The number of anilines is 1. The Morgan fingerprint density at radius 1 is 0.929 bits per heavy atom. The van der Waals surface area contributed by atoms with Crippen molar-refractivity contribution in [2.45, 2.75) is 19.1 Å². The minimum Gasteiger partial charge on any atom is -0.497 e. The van der Waals surface area contributed by atoms with E-state index < -0.39 is 0 Å². The van der Waals surface area contributed by atoms with Gasteiger partial charge >= 0.3 is 0 Å². The van der Waals surface area contributed by atoms with E-state index in [0.717, 1.165) is 37.8 Å². The molecule has 142 valence electrons. The number of hydrogen-bond donors (Lipinski definition) is 0. The van der Waals surface area contributed by atoms with Crippen molar-refractivity contribution in [2.75, 3.05) is 12.0 Å². The summed E-state index contributed by atoms with van der Waals surface area (Å²) in [5.41, 5.74) is 4.41. The third-order valence-corrected chi connectivity index (χ3v) is 5.80. The van der Waals surface area contributed by atoms with E-state index >= 15 is 0 Å². The first-order chi connectivity index (χ1) is 13.6. The average molecular weight is 456 g/mol. The van der Waals surface area contributed by atoms with E-state index in [2.05, 4.69) is 76.3 Å². The number of nitrogens with zero attached hydrogens (tertiary/aromatic N) is 2. The second kappa shape index (κ2) is 7.98. The molecule has 1 heterocycles. The van der Waals surface area contributed by atoms with Crippen molar-refractivity contribution in [3.05, 3.63) is 93.4 Å². The lowest BCUT2D eigenvalue weighted by Crippen LogP contribution is -2.35. The molecule has 0 saturated heterocycles. The van der Waals surface area contributed by atoms with Gasteiger partial charge in [0.05, 0.1) is 18.9 Å². The Morgan fingerprint density at radius 3 is 2.18 bits per heavy atom. The molecule has 2 unspecified atom stereocenters. The minimum atomic E-state index is -0.110. The van der Waals surface area contributed by atoms with Gasteiger partial charge in [0.15, 0.2) is 0 Å². The first-order valence-electron chi connectivity index (χ1n) is 9.08. The summed E-state index contributed by atoms with van der Waals surface area (Å²) in [4.78, 5) is 7.46. The Labute approximate surface area is 178 Å². The zero-order chi connectivity index (χ0) is 19.7. The predicted molar refractivity (Wildman–Crippen MR) is 120 cm³/mol. The van der Waals surface area contributed by atoms with Crippen LogP contribution in [0.2, 0.25) is 5.02 Å². The van der Waals surface area contributed by atoms with Gasteiger partial charge in [0.25, 0.3) is 0 Å². The predicted octanol–water partition coefficient (Wildman–Crippen LogP) is 6.51. The third-order valence-electron chi connectivity index (χ3n) is 5.02. The van der Waals surface area contributed by atoms with Gasteiger partial charge in [-0.05, 0) is 66.6 Å². The third kappa shape index (κ3) is 3.67. The molecular formula is C23H20BrClN2O. The molecule has 3 nitrogen and oxygen atoms in total. The maximum Gasteiger partial charge on any atom is 0.148 e. The monoisotopic (exact) mass is 454 g/mol. The number of methoxy groups -OCH3 is 1. The van der Waals surface area contributed by atoms with Crippen molar-refractivity contribution in [3.63, 3.8) is 0 Å². The molecule has 0 radical (unpaired) electrons. The van der Waals surface area contributed by atoms with Gasteiger partial charge in [0.2, 0.25) is 0 Å². The summed E-state index contributed by atoms with van der Waals surface area (Å²) in [6.45, 7) is 2.19. The summed E-state index contributed by atoms with van der Waals surface area (Å²) in [7, 11) is 1.68. The summed E-state index contributed by atoms with van der Waals surface area (Å²) in [6.07, 6.45) is -0.110. The topological polar surface area (TPSA) is 24.8 Å². The van der Waals surface area contributed by atoms with Crippen molar-refractivity contribution in [1.29, 1.82) is 0 Å². The number of halogens is 2. The fourth-order valence-electron chi connectivity index (χ4n) is 3.57. The Bertz CT molecular complexity index is 985. The Hall–Kier alpha value is -2.30. The number of benzene rings is 3. The van der Waals surface area contributed by atoms with Crippen LogP contribution in [0.25, 0.3) is 0 Å². The van der Waals surface area contributed by atoms with Crippen LogP contribution in [-0.2, 0) is 0 Å². The highest BCUT2D eigenvalue weighted by Gasteiger charge is 2.35. The Kier molecular flexibility index (Phi) is 5.42. The number of hydrogen-bond acceptors (Lipinski definition) is 3. The molecule has 5 heteroatoms. The first-order valence-corrected chi connectivity index (χ1v) is 10.3. The quantitative estimate of drug-likeness (QED) is 0.448. The van der Waals surface area contributed by atoms with E-state index in [1.54, 1.807) is 7.11 Å². The van der Waals surface area contributed by atoms with E-state index in [9.17, 15) is 0 Å². The van der Waals surface area contributed by atoms with Gasteiger partial charge in [-0.25, -0.2) is 0 Å². The van der Waals surface area contributed by atoms with E-state index in [1.165, 1.54) is 0 Å². The van der Waals surface area contributed by atoms with E-state index in [4.69, 9.17) is 21.3 Å². The number of aliphatic imine (C=N–C) groups is 1. The molecule has 4 rings (SSSR count). The lowest BCUT2D eigenvalue weighted by molar-refractivity contribution is 0.414. The molecule has 0 spiro atoms. The standard InChI is InChI=1S/C23H20BrClN2O/c1-15-22(16-3-7-18(24)8-4-16)26-23(17-5-13-21(28-2)14-6-17)27(15)20-11-9-19(25)10-12-20/h3-15,23H,1-2H3. The molecule has 3 aromatic carbocycles. The van der Waals surface area contributed by atoms with Crippen LogP contribution in [0.5, 0.6) is 5.75 Å². The van der Waals surface area contributed by atoms with Crippen LogP contribution in [-0.4, -0.2) is 18.9 Å². The molecule has 0 N–H and O–H groups in total. The summed E-state index contributed by atoms with van der Waals surface area (Å²) in [6, 6.07) is 24.5. The number of ether oxygens (including phenoxy) is 1. The average Bonchev–Trinajstić information content (AvgIpc) is 3.06. The molecule has 28 heavy (non-hydrogen) atoms. The fourth-order valence-corrected chi connectivity index (χ4v) is 3.96. The second-order valence-corrected chi connectivity index (χ2v) is 8.08. The Morgan fingerprint density at radius 2 is 1.57 bits per heavy atom. The Balaban J connectivity index is 1.78. The number of rotatable bonds is 4. The molecular weight excluding hydrogens is 436 g/mol. The van der Waals surface area contributed by atoms with E-state index in [0.29, 0.717) is 0 Å². The highest BCUT2D eigenvalue weighted by Crippen LogP contribution is 2.38. The molecule has 1 aliphatic rings. The van der Waals surface area contributed by atoms with Gasteiger partial charge in [-0.3, -0.25) is 4.99 Å². The van der Waals surface area contributed by atoms with Crippen LogP contribution < -0.4 is 9.64 Å². The first kappa shape index (κ1) is 19.0. The molecule has 1 aliphatic heterocycles. The van der Waals surface area contributed by atoms with Gasteiger partial charge in [-0.1, -0.05) is 51.8 Å². The minimum absolute atomic E-state index is 0.110. The zero-order valence-corrected chi connectivity index (χ0v) is 18.0. The van der Waals surface area contributed by atoms with Gasteiger partial charge in [0, 0.05) is 15.2 Å². The summed E-state index contributed by atoms with van der Waals surface area (Å²) in [5.74, 6) is 0.838. The van der Waals surface area contributed by atoms with Crippen LogP contribution in [0.1, 0.15) is 24.2 Å². The molecule has 2 atom stereocenters. The second-order valence-electron chi connectivity index (χ2n) is 6.73. The molecule has 0 fully saturated rings. The maximum atomic E-state index is 6.12. The van der Waals surface area contributed by atoms with Crippen molar-refractivity contribution in [1.82, 2.24) is 0 Å². The molecule has 0 amide bonds. The van der Waals surface area contributed by atoms with Crippen LogP contribution >= 0.6 is 27.5 Å². The molecule has 3 aromatic rings. The van der Waals surface area contributed by atoms with Gasteiger partial charge < -0.3 is 9.64 Å². The molecule has 0 aromatic heterocycles. The van der Waals surface area contributed by atoms with Gasteiger partial charge in [-0.2, -0.15) is 0 Å². The maximum absolute atomic E-state index is 6.12. The van der Waals surface area contributed by atoms with Crippen LogP contribution in [0, 0.1) is 0 Å². The van der Waals surface area contributed by atoms with Crippen molar-refractivity contribution in [3.8, 4) is 5.75 Å². The summed E-state index contributed by atoms with van der Waals surface area (Å²) < 4.78 is 6.37. The molecule has 0 saturated carbocycles. The summed E-state index contributed by atoms with van der Waals surface area (Å²) in [5, 5.41) is 0.727. The highest BCUT2D eigenvalue weighted by molar-refractivity contribution is 9.10.